The van der Waals surface area contributed by atoms with Gasteiger partial charge in [0.2, 0.25) is 0 Å². The number of hydrogen-bond donors (Lipinski definition) is 4. The minimum absolute atomic E-state index is 0.0957. The molecule has 0 saturated carbocycles. The van der Waals surface area contributed by atoms with E-state index in [-0.39, 0.29) is 12.6 Å². The Labute approximate surface area is 125 Å². The van der Waals surface area contributed by atoms with Crippen LogP contribution in [0.4, 0.5) is 16.2 Å². The second kappa shape index (κ2) is 8.46. The molecule has 0 heterocycles. The number of rotatable bonds is 7. The lowest BCUT2D eigenvalue weighted by molar-refractivity contribution is -0.0314. The number of carbonyl (C=O) groups excluding carboxylic acids is 1. The molecule has 0 radical (unpaired) electrons. The molecule has 0 aromatic heterocycles. The van der Waals surface area contributed by atoms with Crippen molar-refractivity contribution in [2.24, 2.45) is 0 Å². The van der Waals surface area contributed by atoms with Crippen LogP contribution in [-0.2, 0) is 0 Å². The molecule has 0 atom stereocenters. The number of nitrogens with one attached hydrogen (secondary N) is 2. The van der Waals surface area contributed by atoms with Crippen molar-refractivity contribution in [3.8, 4) is 0 Å². The number of likely N-dealkylation sites (N-methyl/N-ethyl adjacent to an activating group) is 2. The molecule has 1 rings (SSSR count). The van der Waals surface area contributed by atoms with E-state index in [9.17, 15) is 4.79 Å². The molecule has 1 aromatic carbocycles. The molecule has 7 nitrogen and oxygen atoms in total. The van der Waals surface area contributed by atoms with Crippen LogP contribution < -0.4 is 15.5 Å². The topological polar surface area (TPSA) is 88.1 Å². The van der Waals surface area contributed by atoms with E-state index in [1.807, 2.05) is 25.1 Å². The van der Waals surface area contributed by atoms with Gasteiger partial charge in [-0.25, -0.2) is 4.79 Å². The number of urea groups is 1. The third-order valence-electron chi connectivity index (χ3n) is 2.83. The lowest BCUT2D eigenvalue weighted by Crippen LogP contribution is -2.34. The molecule has 0 aliphatic rings. The normalized spacial score (nSPS) is 10.8. The fourth-order valence-corrected chi connectivity index (χ4v) is 1.74. The van der Waals surface area contributed by atoms with E-state index in [1.165, 1.54) is 0 Å². The molecule has 2 amide bonds. The molecule has 7 heteroatoms. The number of carbonyl (C=O) groups is 1. The van der Waals surface area contributed by atoms with Gasteiger partial charge in [-0.05, 0) is 32.3 Å². The summed E-state index contributed by atoms with van der Waals surface area (Å²) in [7, 11) is 5.62. The van der Waals surface area contributed by atoms with E-state index in [2.05, 4.69) is 10.6 Å². The van der Waals surface area contributed by atoms with Crippen molar-refractivity contribution in [1.82, 2.24) is 10.2 Å². The Hall–Kier alpha value is -1.83. The minimum Gasteiger partial charge on any atom is -0.369 e. The maximum Gasteiger partial charge on any atom is 0.319 e. The van der Waals surface area contributed by atoms with Gasteiger partial charge >= 0.3 is 6.03 Å². The first-order valence-corrected chi connectivity index (χ1v) is 6.75. The highest BCUT2D eigenvalue weighted by atomic mass is 16.5. The highest BCUT2D eigenvalue weighted by molar-refractivity contribution is 5.89. The Balaban J connectivity index is 2.54. The van der Waals surface area contributed by atoms with Gasteiger partial charge in [-0.2, -0.15) is 0 Å². The summed E-state index contributed by atoms with van der Waals surface area (Å²) >= 11 is 0. The zero-order chi connectivity index (χ0) is 15.8. The molecule has 0 aliphatic heterocycles. The SMILES string of the molecule is CN(C)CCNC(=O)Nc1cccc(N(C)CC(O)O)c1. The van der Waals surface area contributed by atoms with Crippen LogP contribution in [0.25, 0.3) is 0 Å². The number of benzene rings is 1. The van der Waals surface area contributed by atoms with E-state index in [0.717, 1.165) is 12.2 Å². The van der Waals surface area contributed by atoms with Crippen LogP contribution in [0.1, 0.15) is 0 Å². The summed E-state index contributed by atoms with van der Waals surface area (Å²) in [6, 6.07) is 6.91. The third kappa shape index (κ3) is 6.94. The predicted molar refractivity (Wildman–Crippen MR) is 83.5 cm³/mol. The summed E-state index contributed by atoms with van der Waals surface area (Å²) < 4.78 is 0. The van der Waals surface area contributed by atoms with Gasteiger partial charge in [0.15, 0.2) is 6.29 Å². The Bertz CT molecular complexity index is 452. The summed E-state index contributed by atoms with van der Waals surface area (Å²) in [6.07, 6.45) is -1.40. The van der Waals surface area contributed by atoms with E-state index in [1.54, 1.807) is 30.1 Å². The smallest absolute Gasteiger partial charge is 0.319 e. The average molecular weight is 296 g/mol. The first-order valence-electron chi connectivity index (χ1n) is 6.75. The molecule has 0 aliphatic carbocycles. The Morgan fingerprint density at radius 3 is 2.62 bits per heavy atom. The van der Waals surface area contributed by atoms with Gasteiger partial charge in [-0.1, -0.05) is 6.07 Å². The molecule has 0 unspecified atom stereocenters. The van der Waals surface area contributed by atoms with Gasteiger partial charge in [-0.15, -0.1) is 0 Å². The maximum atomic E-state index is 11.7. The van der Waals surface area contributed by atoms with Crippen LogP contribution in [0, 0.1) is 0 Å². The third-order valence-corrected chi connectivity index (χ3v) is 2.83. The highest BCUT2D eigenvalue weighted by Gasteiger charge is 2.07. The first-order chi connectivity index (χ1) is 9.88. The summed E-state index contributed by atoms with van der Waals surface area (Å²) in [5.74, 6) is 0. The largest absolute Gasteiger partial charge is 0.369 e. The molecule has 21 heavy (non-hydrogen) atoms. The maximum absolute atomic E-state index is 11.7. The second-order valence-electron chi connectivity index (χ2n) is 5.10. The number of aliphatic hydroxyl groups excluding tert-OH is 1. The predicted octanol–water partition coefficient (Wildman–Crippen LogP) is 0.117. The highest BCUT2D eigenvalue weighted by Crippen LogP contribution is 2.18. The number of amides is 2. The summed E-state index contributed by atoms with van der Waals surface area (Å²) in [5.41, 5.74) is 1.43. The molecule has 1 aromatic rings. The van der Waals surface area contributed by atoms with Crippen LogP contribution in [0.3, 0.4) is 0 Å². The van der Waals surface area contributed by atoms with Crippen LogP contribution in [-0.4, -0.2) is 68.2 Å². The van der Waals surface area contributed by atoms with E-state index >= 15 is 0 Å². The minimum atomic E-state index is -1.40. The van der Waals surface area contributed by atoms with Crippen molar-refractivity contribution < 1.29 is 15.0 Å². The quantitative estimate of drug-likeness (QED) is 0.537. The number of hydrogen-bond acceptors (Lipinski definition) is 5. The zero-order valence-electron chi connectivity index (χ0n) is 12.7. The molecule has 0 fully saturated rings. The van der Waals surface area contributed by atoms with Crippen molar-refractivity contribution in [3.05, 3.63) is 24.3 Å². The van der Waals surface area contributed by atoms with Crippen molar-refractivity contribution >= 4 is 17.4 Å². The molecule has 0 bridgehead atoms. The number of aliphatic hydroxyl groups is 2. The Morgan fingerprint density at radius 1 is 1.29 bits per heavy atom. The van der Waals surface area contributed by atoms with Crippen LogP contribution >= 0.6 is 0 Å². The van der Waals surface area contributed by atoms with E-state index in [0.29, 0.717) is 12.2 Å². The van der Waals surface area contributed by atoms with E-state index < -0.39 is 6.29 Å². The fraction of sp³-hybridized carbons (Fsp3) is 0.500. The fourth-order valence-electron chi connectivity index (χ4n) is 1.74. The number of anilines is 2. The van der Waals surface area contributed by atoms with Crippen molar-refractivity contribution in [1.29, 1.82) is 0 Å². The molecule has 0 saturated heterocycles. The van der Waals surface area contributed by atoms with Crippen LogP contribution in [0.2, 0.25) is 0 Å². The van der Waals surface area contributed by atoms with Crippen LogP contribution in [0.5, 0.6) is 0 Å². The summed E-state index contributed by atoms with van der Waals surface area (Å²) in [5, 5.41) is 23.4. The summed E-state index contributed by atoms with van der Waals surface area (Å²) in [4.78, 5) is 15.4. The van der Waals surface area contributed by atoms with Gasteiger partial charge in [0.25, 0.3) is 0 Å². The standard InChI is InChI=1S/C14H24N4O3/c1-17(2)8-7-15-14(21)16-11-5-4-6-12(9-11)18(3)10-13(19)20/h4-6,9,13,19-20H,7-8,10H2,1-3H3,(H2,15,16,21). The Kier molecular flexibility index (Phi) is 6.93. The molecular formula is C14H24N4O3. The molecule has 118 valence electrons. The monoisotopic (exact) mass is 296 g/mol. The molecule has 4 N–H and O–H groups in total. The van der Waals surface area contributed by atoms with Crippen molar-refractivity contribution in [3.63, 3.8) is 0 Å². The lowest BCUT2D eigenvalue weighted by Gasteiger charge is -2.21. The van der Waals surface area contributed by atoms with Crippen LogP contribution in [0.15, 0.2) is 24.3 Å². The van der Waals surface area contributed by atoms with Crippen molar-refractivity contribution in [2.45, 2.75) is 6.29 Å². The molecule has 0 spiro atoms. The van der Waals surface area contributed by atoms with Gasteiger partial charge in [0.1, 0.15) is 0 Å². The Morgan fingerprint density at radius 2 is 2.00 bits per heavy atom. The van der Waals surface area contributed by atoms with Gasteiger partial charge in [-0.3, -0.25) is 0 Å². The lowest BCUT2D eigenvalue weighted by atomic mass is 10.2. The average Bonchev–Trinajstić information content (AvgIpc) is 2.37. The van der Waals surface area contributed by atoms with Gasteiger partial charge < -0.3 is 30.6 Å². The zero-order valence-corrected chi connectivity index (χ0v) is 12.7. The number of nitrogens with zero attached hydrogens (tertiary/aromatic N) is 2. The first kappa shape index (κ1) is 17.2. The van der Waals surface area contributed by atoms with Gasteiger partial charge in [0, 0.05) is 31.5 Å². The second-order valence-corrected chi connectivity index (χ2v) is 5.10. The molecular weight excluding hydrogens is 272 g/mol. The van der Waals surface area contributed by atoms with E-state index in [4.69, 9.17) is 10.2 Å². The van der Waals surface area contributed by atoms with Gasteiger partial charge in [0.05, 0.1) is 6.54 Å². The summed E-state index contributed by atoms with van der Waals surface area (Å²) in [6.45, 7) is 1.43. The van der Waals surface area contributed by atoms with Crippen molar-refractivity contribution in [2.75, 3.05) is 51.0 Å².